The summed E-state index contributed by atoms with van der Waals surface area (Å²) in [7, 11) is -2.59. The van der Waals surface area contributed by atoms with Crippen molar-refractivity contribution in [3.05, 3.63) is 43.0 Å². The Kier molecular flexibility index (Phi) is 8.52. The number of aliphatic hydroxyl groups excluding tert-OH is 1. The van der Waals surface area contributed by atoms with E-state index in [4.69, 9.17) is 18.5 Å². The van der Waals surface area contributed by atoms with Crippen LogP contribution in [0.5, 0.6) is 5.75 Å². The first-order valence-corrected chi connectivity index (χ1v) is 13.8. The number of rotatable bonds is 11. The zero-order valence-electron chi connectivity index (χ0n) is 22.1. The van der Waals surface area contributed by atoms with Gasteiger partial charge in [0.25, 0.3) is 0 Å². The number of ether oxygens (including phenoxy) is 2. The Labute approximate surface area is 224 Å². The van der Waals surface area contributed by atoms with E-state index in [0.717, 1.165) is 0 Å². The quantitative estimate of drug-likeness (QED) is 0.230. The van der Waals surface area contributed by atoms with Gasteiger partial charge in [0.15, 0.2) is 23.4 Å². The summed E-state index contributed by atoms with van der Waals surface area (Å²) in [6.07, 6.45) is -2.05. The number of nitrogens with zero attached hydrogens (tertiary/aromatic N) is 4. The van der Waals surface area contributed by atoms with Gasteiger partial charge in [0.05, 0.1) is 19.0 Å². The number of aliphatic hydroxyl groups is 1. The normalized spacial score (nSPS) is 25.4. The van der Waals surface area contributed by atoms with Crippen molar-refractivity contribution in [3.63, 3.8) is 0 Å². The average molecular weight is 567 g/mol. The number of fused-ring (bicyclic) bond motifs is 1. The third-order valence-corrected chi connectivity index (χ3v) is 7.64. The van der Waals surface area contributed by atoms with Gasteiger partial charge < -0.3 is 24.4 Å². The van der Waals surface area contributed by atoms with E-state index in [1.165, 1.54) is 31.1 Å². The predicted molar refractivity (Wildman–Crippen MR) is 139 cm³/mol. The number of aromatic nitrogens is 4. The van der Waals surface area contributed by atoms with Crippen molar-refractivity contribution in [1.82, 2.24) is 24.6 Å². The molecule has 1 aliphatic heterocycles. The van der Waals surface area contributed by atoms with Crippen LogP contribution in [-0.4, -0.2) is 74.3 Å². The van der Waals surface area contributed by atoms with E-state index in [1.807, 2.05) is 0 Å². The first-order valence-electron chi connectivity index (χ1n) is 12.3. The minimum absolute atomic E-state index is 0.198. The molecule has 1 saturated heterocycles. The van der Waals surface area contributed by atoms with Crippen LogP contribution < -0.4 is 14.9 Å². The SMILES string of the molecule is CNc1ncnc2c1ncn2[C@@H]1O[C@H](CO[P@@](=O)(N[C@H](C)C(=O)OC(C)C)Oc2ccccc2)[C@@H](O)[C@@]1(C)F. The van der Waals surface area contributed by atoms with E-state index in [9.17, 15) is 14.5 Å². The fourth-order valence-corrected chi connectivity index (χ4v) is 5.57. The maximum absolute atomic E-state index is 15.9. The molecule has 39 heavy (non-hydrogen) atoms. The molecule has 0 amide bonds. The maximum Gasteiger partial charge on any atom is 0.459 e. The van der Waals surface area contributed by atoms with E-state index in [1.54, 1.807) is 51.2 Å². The second kappa shape index (κ2) is 11.5. The summed E-state index contributed by atoms with van der Waals surface area (Å²) in [5.74, 6) is -0.0364. The zero-order valence-corrected chi connectivity index (χ0v) is 23.0. The largest absolute Gasteiger partial charge is 0.462 e. The van der Waals surface area contributed by atoms with E-state index < -0.39 is 56.6 Å². The lowest BCUT2D eigenvalue weighted by Gasteiger charge is -2.25. The highest BCUT2D eigenvalue weighted by Gasteiger charge is 2.56. The Morgan fingerprint density at radius 1 is 1.26 bits per heavy atom. The molecule has 0 spiro atoms. The van der Waals surface area contributed by atoms with Crippen LogP contribution in [0.4, 0.5) is 10.2 Å². The van der Waals surface area contributed by atoms with Crippen LogP contribution in [-0.2, 0) is 23.4 Å². The maximum atomic E-state index is 15.9. The first-order chi connectivity index (χ1) is 18.4. The Balaban J connectivity index is 1.54. The number of halogens is 1. The Morgan fingerprint density at radius 2 is 1.97 bits per heavy atom. The molecule has 3 heterocycles. The van der Waals surface area contributed by atoms with Gasteiger partial charge in [-0.25, -0.2) is 23.9 Å². The lowest BCUT2D eigenvalue weighted by Crippen LogP contribution is -2.41. The number of hydrogen-bond donors (Lipinski definition) is 3. The second-order valence-corrected chi connectivity index (χ2v) is 11.1. The topological polar surface area (TPSA) is 159 Å². The highest BCUT2D eigenvalue weighted by atomic mass is 31.2. The van der Waals surface area contributed by atoms with Gasteiger partial charge in [-0.05, 0) is 39.8 Å². The van der Waals surface area contributed by atoms with Gasteiger partial charge in [-0.1, -0.05) is 18.2 Å². The van der Waals surface area contributed by atoms with E-state index in [0.29, 0.717) is 11.3 Å². The van der Waals surface area contributed by atoms with E-state index in [2.05, 4.69) is 25.4 Å². The first kappa shape index (κ1) is 28.8. The van der Waals surface area contributed by atoms with Crippen LogP contribution in [0.1, 0.15) is 33.9 Å². The molecule has 13 nitrogen and oxygen atoms in total. The molecule has 3 aromatic rings. The molecule has 1 fully saturated rings. The van der Waals surface area contributed by atoms with Gasteiger partial charge in [0.2, 0.25) is 0 Å². The van der Waals surface area contributed by atoms with Gasteiger partial charge in [0, 0.05) is 7.05 Å². The molecular formula is C24H32FN6O7P. The van der Waals surface area contributed by atoms with Gasteiger partial charge in [-0.3, -0.25) is 13.9 Å². The number of carbonyl (C=O) groups is 1. The predicted octanol–water partition coefficient (Wildman–Crippen LogP) is 2.99. The third kappa shape index (κ3) is 6.20. The number of alkyl halides is 1. The van der Waals surface area contributed by atoms with Crippen molar-refractivity contribution in [2.75, 3.05) is 19.0 Å². The fraction of sp³-hybridized carbons (Fsp3) is 0.500. The second-order valence-electron chi connectivity index (χ2n) is 9.45. The summed E-state index contributed by atoms with van der Waals surface area (Å²) in [6, 6.07) is 7.10. The molecule has 212 valence electrons. The minimum Gasteiger partial charge on any atom is -0.462 e. The summed E-state index contributed by atoms with van der Waals surface area (Å²) >= 11 is 0. The monoisotopic (exact) mass is 566 g/mol. The molecule has 1 aromatic carbocycles. The van der Waals surface area contributed by atoms with Crippen LogP contribution in [0.2, 0.25) is 0 Å². The van der Waals surface area contributed by atoms with Crippen molar-refractivity contribution < 1.29 is 37.4 Å². The molecule has 0 saturated carbocycles. The number of esters is 1. The summed E-state index contributed by atoms with van der Waals surface area (Å²) < 4.78 is 53.2. The average Bonchev–Trinajstić information content (AvgIpc) is 3.41. The summed E-state index contributed by atoms with van der Waals surface area (Å²) in [4.78, 5) is 24.9. The molecule has 3 N–H and O–H groups in total. The highest BCUT2D eigenvalue weighted by molar-refractivity contribution is 7.52. The van der Waals surface area contributed by atoms with Gasteiger partial charge in [-0.2, -0.15) is 5.09 Å². The van der Waals surface area contributed by atoms with E-state index in [-0.39, 0.29) is 11.4 Å². The summed E-state index contributed by atoms with van der Waals surface area (Å²) in [6.45, 7) is 5.44. The fourth-order valence-electron chi connectivity index (χ4n) is 4.06. The van der Waals surface area contributed by atoms with Crippen molar-refractivity contribution in [2.45, 2.75) is 63.9 Å². The molecular weight excluding hydrogens is 534 g/mol. The lowest BCUT2D eigenvalue weighted by molar-refractivity contribution is -0.149. The molecule has 15 heteroatoms. The molecule has 0 radical (unpaired) electrons. The number of benzene rings is 1. The summed E-state index contributed by atoms with van der Waals surface area (Å²) in [5.41, 5.74) is -1.63. The number of imidazole rings is 1. The molecule has 0 unspecified atom stereocenters. The van der Waals surface area contributed by atoms with Crippen LogP contribution in [0.3, 0.4) is 0 Å². The van der Waals surface area contributed by atoms with Crippen molar-refractivity contribution in [2.24, 2.45) is 0 Å². The summed E-state index contributed by atoms with van der Waals surface area (Å²) in [5, 5.41) is 16.3. The number of carbonyl (C=O) groups excluding carboxylic acids is 1. The molecule has 4 rings (SSSR count). The number of hydrogen-bond acceptors (Lipinski definition) is 11. The van der Waals surface area contributed by atoms with Gasteiger partial charge in [0.1, 0.15) is 35.8 Å². The van der Waals surface area contributed by atoms with Crippen molar-refractivity contribution >= 4 is 30.7 Å². The molecule has 1 aliphatic rings. The van der Waals surface area contributed by atoms with Crippen molar-refractivity contribution in [1.29, 1.82) is 0 Å². The molecule has 6 atom stereocenters. The minimum atomic E-state index is -4.26. The van der Waals surface area contributed by atoms with Gasteiger partial charge >= 0.3 is 13.7 Å². The third-order valence-electron chi connectivity index (χ3n) is 6.00. The molecule has 0 aliphatic carbocycles. The standard InChI is InChI=1S/C24H32FN6O7P/c1-14(2)36-22(33)15(3)30-39(34,38-16-9-7-6-8-10-16)35-11-17-19(32)24(4,25)23(37-17)31-13-29-18-20(26-5)27-12-28-21(18)31/h6-10,12-15,17,19,23,32H,11H2,1-5H3,(H,30,34)(H,26,27,28)/t15-,17-,19-,23-,24-,39+/m1/s1. The zero-order chi connectivity index (χ0) is 28.4. The number of anilines is 1. The number of para-hydroxylation sites is 1. The number of nitrogens with one attached hydrogen (secondary N) is 2. The molecule has 2 aromatic heterocycles. The van der Waals surface area contributed by atoms with Crippen LogP contribution in [0, 0.1) is 0 Å². The van der Waals surface area contributed by atoms with Gasteiger partial charge in [-0.15, -0.1) is 0 Å². The van der Waals surface area contributed by atoms with Crippen LogP contribution in [0.25, 0.3) is 11.2 Å². The smallest absolute Gasteiger partial charge is 0.459 e. The van der Waals surface area contributed by atoms with Crippen LogP contribution in [0.15, 0.2) is 43.0 Å². The van der Waals surface area contributed by atoms with E-state index >= 15 is 4.39 Å². The highest BCUT2D eigenvalue weighted by Crippen LogP contribution is 2.48. The lowest BCUT2D eigenvalue weighted by atomic mass is 9.98. The Hall–Kier alpha value is -3.16. The Morgan fingerprint density at radius 3 is 2.64 bits per heavy atom. The van der Waals surface area contributed by atoms with Crippen LogP contribution >= 0.6 is 7.75 Å². The van der Waals surface area contributed by atoms with Crippen molar-refractivity contribution in [3.8, 4) is 5.75 Å². The molecule has 0 bridgehead atoms. The Bertz CT molecular complexity index is 1340.